The van der Waals surface area contributed by atoms with Crippen molar-refractivity contribution in [2.24, 2.45) is 0 Å². The first-order valence-electron chi connectivity index (χ1n) is 9.37. The van der Waals surface area contributed by atoms with E-state index in [2.05, 4.69) is 9.97 Å². The molecule has 146 valence electrons. The number of ether oxygens (including phenoxy) is 1. The predicted molar refractivity (Wildman–Crippen MR) is 111 cm³/mol. The number of aromatic carboxylic acids is 1. The molecule has 4 aromatic rings. The molecule has 6 heteroatoms. The van der Waals surface area contributed by atoms with Crippen LogP contribution in [0, 0.1) is 13.8 Å². The van der Waals surface area contributed by atoms with Crippen LogP contribution in [-0.4, -0.2) is 32.2 Å². The number of carboxylic acid groups (broad SMARTS) is 1. The molecule has 0 bridgehead atoms. The maximum absolute atomic E-state index is 11.9. The van der Waals surface area contributed by atoms with Gasteiger partial charge in [0.05, 0.1) is 24.0 Å². The van der Waals surface area contributed by atoms with Crippen LogP contribution >= 0.6 is 0 Å². The Balaban J connectivity index is 1.69. The molecule has 0 fully saturated rings. The largest absolute Gasteiger partial charge is 0.490 e. The van der Waals surface area contributed by atoms with Gasteiger partial charge in [0.2, 0.25) is 0 Å². The first-order valence-corrected chi connectivity index (χ1v) is 9.37. The summed E-state index contributed by atoms with van der Waals surface area (Å²) in [6.07, 6.45) is 3.38. The number of nitrogens with zero attached hydrogens (tertiary/aromatic N) is 3. The number of aromatic nitrogens is 3. The van der Waals surface area contributed by atoms with Gasteiger partial charge in [-0.25, -0.2) is 4.79 Å². The van der Waals surface area contributed by atoms with Crippen molar-refractivity contribution in [1.29, 1.82) is 0 Å². The van der Waals surface area contributed by atoms with Crippen LogP contribution in [0.25, 0.3) is 22.2 Å². The van der Waals surface area contributed by atoms with E-state index in [1.807, 2.05) is 56.3 Å². The smallest absolute Gasteiger partial charge is 0.352 e. The summed E-state index contributed by atoms with van der Waals surface area (Å²) in [5, 5.41) is 10.5. The number of pyridine rings is 2. The molecule has 29 heavy (non-hydrogen) atoms. The lowest BCUT2D eigenvalue weighted by Crippen LogP contribution is -2.13. The maximum Gasteiger partial charge on any atom is 0.352 e. The van der Waals surface area contributed by atoms with Gasteiger partial charge in [-0.2, -0.15) is 0 Å². The third-order valence-corrected chi connectivity index (χ3v) is 4.81. The number of hydrogen-bond acceptors (Lipinski definition) is 4. The molecule has 0 unspecified atom stereocenters. The molecule has 0 aliphatic heterocycles. The Bertz CT molecular complexity index is 1180. The van der Waals surface area contributed by atoms with E-state index in [1.54, 1.807) is 23.0 Å². The van der Waals surface area contributed by atoms with Crippen LogP contribution in [0.15, 0.2) is 60.9 Å². The number of hydrogen-bond donors (Lipinski definition) is 1. The zero-order valence-electron chi connectivity index (χ0n) is 16.3. The van der Waals surface area contributed by atoms with E-state index in [4.69, 9.17) is 4.74 Å². The highest BCUT2D eigenvalue weighted by Gasteiger charge is 2.18. The summed E-state index contributed by atoms with van der Waals surface area (Å²) in [5.41, 5.74) is 4.81. The van der Waals surface area contributed by atoms with E-state index in [9.17, 15) is 9.90 Å². The first kappa shape index (κ1) is 18.7. The van der Waals surface area contributed by atoms with E-state index >= 15 is 0 Å². The third-order valence-electron chi connectivity index (χ3n) is 4.81. The van der Waals surface area contributed by atoms with Crippen LogP contribution in [0.5, 0.6) is 5.75 Å². The molecule has 0 saturated carbocycles. The van der Waals surface area contributed by atoms with E-state index in [0.29, 0.717) is 18.9 Å². The van der Waals surface area contributed by atoms with Gasteiger partial charge in [-0.1, -0.05) is 23.8 Å². The van der Waals surface area contributed by atoms with Crippen molar-refractivity contribution in [3.63, 3.8) is 0 Å². The van der Waals surface area contributed by atoms with E-state index in [1.165, 1.54) is 0 Å². The molecule has 6 nitrogen and oxygen atoms in total. The van der Waals surface area contributed by atoms with Gasteiger partial charge in [0.1, 0.15) is 18.1 Å². The zero-order valence-corrected chi connectivity index (χ0v) is 16.3. The number of carbonyl (C=O) groups is 1. The Morgan fingerprint density at radius 1 is 1.10 bits per heavy atom. The molecule has 0 atom stereocenters. The molecular formula is C23H21N3O3. The number of carboxylic acids is 1. The lowest BCUT2D eigenvalue weighted by atomic mass is 10.1. The summed E-state index contributed by atoms with van der Waals surface area (Å²) >= 11 is 0. The molecule has 0 aliphatic rings. The van der Waals surface area contributed by atoms with Gasteiger partial charge >= 0.3 is 5.97 Å². The van der Waals surface area contributed by atoms with Crippen molar-refractivity contribution < 1.29 is 14.6 Å². The van der Waals surface area contributed by atoms with Gasteiger partial charge in [-0.15, -0.1) is 0 Å². The molecule has 4 rings (SSSR count). The van der Waals surface area contributed by atoms with Gasteiger partial charge in [-0.3, -0.25) is 9.97 Å². The highest BCUT2D eigenvalue weighted by molar-refractivity contribution is 6.00. The van der Waals surface area contributed by atoms with Crippen LogP contribution in [0.2, 0.25) is 0 Å². The summed E-state index contributed by atoms with van der Waals surface area (Å²) in [4.78, 5) is 20.6. The Morgan fingerprint density at radius 3 is 2.69 bits per heavy atom. The van der Waals surface area contributed by atoms with Gasteiger partial charge in [0, 0.05) is 22.8 Å². The molecule has 1 N–H and O–H groups in total. The fraction of sp³-hybridized carbons (Fsp3) is 0.174. The molecule has 0 spiro atoms. The topological polar surface area (TPSA) is 77.2 Å². The Hall–Kier alpha value is -3.67. The normalized spacial score (nSPS) is 11.0. The second-order valence-electron chi connectivity index (χ2n) is 6.93. The Labute approximate surface area is 168 Å². The van der Waals surface area contributed by atoms with Gasteiger partial charge in [-0.05, 0) is 44.2 Å². The molecule has 0 aliphatic carbocycles. The van der Waals surface area contributed by atoms with Crippen molar-refractivity contribution in [2.75, 3.05) is 6.61 Å². The second kappa shape index (κ2) is 7.75. The average molecular weight is 387 g/mol. The fourth-order valence-corrected chi connectivity index (χ4v) is 3.42. The quantitative estimate of drug-likeness (QED) is 0.527. The SMILES string of the molecule is Cc1cccc(-c2nccc3c2cc(C(=O)O)n3CCOc2ccc(C)nc2)c1. The minimum Gasteiger partial charge on any atom is -0.490 e. The van der Waals surface area contributed by atoms with Crippen molar-refractivity contribution in [3.05, 3.63) is 77.9 Å². The number of aryl methyl sites for hydroxylation is 2. The highest BCUT2D eigenvalue weighted by atomic mass is 16.5. The molecule has 0 amide bonds. The monoisotopic (exact) mass is 387 g/mol. The lowest BCUT2D eigenvalue weighted by Gasteiger charge is -2.11. The summed E-state index contributed by atoms with van der Waals surface area (Å²) in [5.74, 6) is -0.320. The average Bonchev–Trinajstić information content (AvgIpc) is 3.08. The van der Waals surface area contributed by atoms with Crippen molar-refractivity contribution in [1.82, 2.24) is 14.5 Å². The summed E-state index contributed by atoms with van der Waals surface area (Å²) in [6, 6.07) is 15.3. The third kappa shape index (κ3) is 3.82. The van der Waals surface area contributed by atoms with Crippen molar-refractivity contribution >= 4 is 16.9 Å². The first-order chi connectivity index (χ1) is 14.0. The summed E-state index contributed by atoms with van der Waals surface area (Å²) in [6.45, 7) is 4.66. The number of rotatable bonds is 6. The minimum absolute atomic E-state index is 0.215. The van der Waals surface area contributed by atoms with Crippen LogP contribution in [0.3, 0.4) is 0 Å². The molecule has 3 heterocycles. The Morgan fingerprint density at radius 2 is 1.97 bits per heavy atom. The summed E-state index contributed by atoms with van der Waals surface area (Å²) < 4.78 is 7.52. The van der Waals surface area contributed by atoms with Crippen LogP contribution < -0.4 is 4.74 Å². The van der Waals surface area contributed by atoms with E-state index in [-0.39, 0.29) is 5.69 Å². The fourth-order valence-electron chi connectivity index (χ4n) is 3.42. The maximum atomic E-state index is 11.9. The molecular weight excluding hydrogens is 366 g/mol. The Kier molecular flexibility index (Phi) is 4.99. The van der Waals surface area contributed by atoms with Crippen LogP contribution in [0.4, 0.5) is 0 Å². The molecule has 0 saturated heterocycles. The van der Waals surface area contributed by atoms with Gasteiger partial charge in [0.15, 0.2) is 0 Å². The molecule has 1 aromatic carbocycles. The zero-order chi connectivity index (χ0) is 20.4. The van der Waals surface area contributed by atoms with E-state index in [0.717, 1.165) is 33.4 Å². The standard InChI is InChI=1S/C23H21N3O3/c1-15-4-3-5-17(12-15)22-19-13-21(23(27)28)26(20(19)8-9-24-22)10-11-29-18-7-6-16(2)25-14-18/h3-9,12-14H,10-11H2,1-2H3,(H,27,28). The van der Waals surface area contributed by atoms with Crippen LogP contribution in [-0.2, 0) is 6.54 Å². The number of benzene rings is 1. The minimum atomic E-state index is -0.978. The van der Waals surface area contributed by atoms with E-state index < -0.39 is 5.97 Å². The highest BCUT2D eigenvalue weighted by Crippen LogP contribution is 2.30. The van der Waals surface area contributed by atoms with Crippen molar-refractivity contribution in [2.45, 2.75) is 20.4 Å². The molecule has 3 aromatic heterocycles. The second-order valence-corrected chi connectivity index (χ2v) is 6.93. The van der Waals surface area contributed by atoms with Gasteiger partial charge in [0.25, 0.3) is 0 Å². The van der Waals surface area contributed by atoms with Crippen LogP contribution in [0.1, 0.15) is 21.7 Å². The predicted octanol–water partition coefficient (Wildman–Crippen LogP) is 4.49. The lowest BCUT2D eigenvalue weighted by molar-refractivity contribution is 0.0684. The summed E-state index contributed by atoms with van der Waals surface area (Å²) in [7, 11) is 0. The van der Waals surface area contributed by atoms with Gasteiger partial charge < -0.3 is 14.4 Å². The molecule has 0 radical (unpaired) electrons. The van der Waals surface area contributed by atoms with Crippen molar-refractivity contribution in [3.8, 4) is 17.0 Å². The number of fused-ring (bicyclic) bond motifs is 1.